The van der Waals surface area contributed by atoms with Crippen molar-refractivity contribution in [3.8, 4) is 0 Å². The van der Waals surface area contributed by atoms with Crippen molar-refractivity contribution < 1.29 is 0 Å². The molecule has 0 aromatic heterocycles. The number of rotatable bonds is 3. The molecule has 0 heterocycles. The zero-order valence-corrected chi connectivity index (χ0v) is 10.2. The summed E-state index contributed by atoms with van der Waals surface area (Å²) < 4.78 is 0. The zero-order valence-electron chi connectivity index (χ0n) is 9.22. The van der Waals surface area contributed by atoms with Crippen molar-refractivity contribution in [1.82, 2.24) is 0 Å². The summed E-state index contributed by atoms with van der Waals surface area (Å²) in [7, 11) is -1.08. The molecule has 0 aliphatic heterocycles. The van der Waals surface area contributed by atoms with Gasteiger partial charge >= 0.3 is 0 Å². The lowest BCUT2D eigenvalue weighted by Crippen LogP contribution is -2.37. The first-order valence-electron chi connectivity index (χ1n) is 5.13. The molecule has 72 valence electrons. The van der Waals surface area contributed by atoms with Gasteiger partial charge in [-0.3, -0.25) is 0 Å². The van der Waals surface area contributed by atoms with E-state index in [2.05, 4.69) is 50.8 Å². The van der Waals surface area contributed by atoms with E-state index in [0.29, 0.717) is 0 Å². The topological polar surface area (TPSA) is 0 Å². The lowest BCUT2D eigenvalue weighted by atomic mass is 10.1. The van der Waals surface area contributed by atoms with Gasteiger partial charge in [-0.2, -0.15) is 0 Å². The highest BCUT2D eigenvalue weighted by atomic mass is 28.3. The van der Waals surface area contributed by atoms with Gasteiger partial charge in [0.15, 0.2) is 0 Å². The SMILES string of the molecule is CCCc1ccc([Si](C)(C)C)cc1. The van der Waals surface area contributed by atoms with Gasteiger partial charge in [-0.25, -0.2) is 0 Å². The molecule has 0 nitrogen and oxygen atoms in total. The van der Waals surface area contributed by atoms with Gasteiger partial charge in [-0.15, -0.1) is 0 Å². The van der Waals surface area contributed by atoms with Gasteiger partial charge in [-0.1, -0.05) is 62.4 Å². The van der Waals surface area contributed by atoms with Crippen LogP contribution in [0.3, 0.4) is 0 Å². The quantitative estimate of drug-likeness (QED) is 0.645. The van der Waals surface area contributed by atoms with Crippen LogP contribution in [0, 0.1) is 0 Å². The van der Waals surface area contributed by atoms with Crippen LogP contribution < -0.4 is 5.19 Å². The Hall–Kier alpha value is -0.563. The second-order valence-corrected chi connectivity index (χ2v) is 9.77. The molecule has 0 unspecified atom stereocenters. The lowest BCUT2D eigenvalue weighted by molar-refractivity contribution is 0.922. The molecule has 0 radical (unpaired) electrons. The predicted octanol–water partition coefficient (Wildman–Crippen LogP) is 3.18. The number of benzene rings is 1. The molecule has 1 heteroatoms. The molecule has 0 atom stereocenters. The maximum atomic E-state index is 2.39. The zero-order chi connectivity index (χ0) is 9.90. The smallest absolute Gasteiger partial charge is 0.0656 e. The summed E-state index contributed by atoms with van der Waals surface area (Å²) in [6, 6.07) is 9.21. The summed E-state index contributed by atoms with van der Waals surface area (Å²) in [6.45, 7) is 9.40. The highest BCUT2D eigenvalue weighted by Crippen LogP contribution is 2.05. The van der Waals surface area contributed by atoms with Gasteiger partial charge in [0.25, 0.3) is 0 Å². The van der Waals surface area contributed by atoms with Crippen LogP contribution >= 0.6 is 0 Å². The minimum absolute atomic E-state index is 1.08. The Morgan fingerprint density at radius 2 is 1.54 bits per heavy atom. The Morgan fingerprint density at radius 3 is 1.92 bits per heavy atom. The van der Waals surface area contributed by atoms with Crippen LogP contribution in [-0.2, 0) is 6.42 Å². The fraction of sp³-hybridized carbons (Fsp3) is 0.500. The van der Waals surface area contributed by atoms with Crippen LogP contribution in [-0.4, -0.2) is 8.07 Å². The van der Waals surface area contributed by atoms with E-state index in [4.69, 9.17) is 0 Å². The average molecular weight is 192 g/mol. The fourth-order valence-electron chi connectivity index (χ4n) is 1.46. The molecule has 0 N–H and O–H groups in total. The normalized spacial score (nSPS) is 11.7. The molecule has 0 amide bonds. The molecule has 1 aromatic rings. The maximum absolute atomic E-state index is 2.39. The summed E-state index contributed by atoms with van der Waals surface area (Å²) in [4.78, 5) is 0. The van der Waals surface area contributed by atoms with Crippen molar-refractivity contribution in [1.29, 1.82) is 0 Å². The van der Waals surface area contributed by atoms with Gasteiger partial charge in [0, 0.05) is 0 Å². The average Bonchev–Trinajstić information content (AvgIpc) is 2.04. The van der Waals surface area contributed by atoms with Gasteiger partial charge in [-0.05, 0) is 12.0 Å². The van der Waals surface area contributed by atoms with E-state index < -0.39 is 8.07 Å². The van der Waals surface area contributed by atoms with Crippen molar-refractivity contribution in [2.75, 3.05) is 0 Å². The molecule has 0 saturated carbocycles. The van der Waals surface area contributed by atoms with Crippen LogP contribution in [0.4, 0.5) is 0 Å². The third-order valence-electron chi connectivity index (χ3n) is 2.36. The molecule has 1 rings (SSSR count). The van der Waals surface area contributed by atoms with Crippen molar-refractivity contribution in [3.05, 3.63) is 29.8 Å². The van der Waals surface area contributed by atoms with E-state index >= 15 is 0 Å². The van der Waals surface area contributed by atoms with Gasteiger partial charge in [0.1, 0.15) is 0 Å². The largest absolute Gasteiger partial charge is 0.0775 e. The first-order valence-corrected chi connectivity index (χ1v) is 8.63. The second kappa shape index (κ2) is 4.10. The van der Waals surface area contributed by atoms with Crippen LogP contribution in [0.15, 0.2) is 24.3 Å². The van der Waals surface area contributed by atoms with Crippen molar-refractivity contribution in [2.24, 2.45) is 0 Å². The molecular weight excluding hydrogens is 172 g/mol. The Kier molecular flexibility index (Phi) is 3.31. The number of hydrogen-bond donors (Lipinski definition) is 0. The first-order chi connectivity index (χ1) is 6.04. The van der Waals surface area contributed by atoms with Gasteiger partial charge in [0.05, 0.1) is 8.07 Å². The molecule has 1 aromatic carbocycles. The first kappa shape index (κ1) is 10.5. The molecule has 0 aliphatic rings. The summed E-state index contributed by atoms with van der Waals surface area (Å²) in [5.74, 6) is 0. The third-order valence-corrected chi connectivity index (χ3v) is 4.42. The minimum atomic E-state index is -1.08. The van der Waals surface area contributed by atoms with E-state index in [0.717, 1.165) is 0 Å². The van der Waals surface area contributed by atoms with E-state index in [-0.39, 0.29) is 0 Å². The number of hydrogen-bond acceptors (Lipinski definition) is 0. The van der Waals surface area contributed by atoms with E-state index in [1.807, 2.05) is 0 Å². The predicted molar refractivity (Wildman–Crippen MR) is 63.4 cm³/mol. The van der Waals surface area contributed by atoms with Crippen LogP contribution in [0.1, 0.15) is 18.9 Å². The third kappa shape index (κ3) is 3.00. The van der Waals surface area contributed by atoms with Gasteiger partial charge < -0.3 is 0 Å². The minimum Gasteiger partial charge on any atom is -0.0656 e. The Balaban J connectivity index is 2.81. The van der Waals surface area contributed by atoms with Crippen molar-refractivity contribution >= 4 is 13.3 Å². The van der Waals surface area contributed by atoms with Crippen LogP contribution in [0.2, 0.25) is 19.6 Å². The standard InChI is InChI=1S/C12H20Si/c1-5-6-11-7-9-12(10-8-11)13(2,3)4/h7-10H,5-6H2,1-4H3. The van der Waals surface area contributed by atoms with Crippen molar-refractivity contribution in [3.63, 3.8) is 0 Å². The summed E-state index contributed by atoms with van der Waals surface area (Å²) in [5, 5.41) is 1.56. The van der Waals surface area contributed by atoms with Crippen molar-refractivity contribution in [2.45, 2.75) is 39.4 Å². The highest BCUT2D eigenvalue weighted by molar-refractivity contribution is 6.88. The molecule has 0 fully saturated rings. The maximum Gasteiger partial charge on any atom is 0.0775 e. The molecule has 0 bridgehead atoms. The Bertz CT molecular complexity index is 253. The summed E-state index contributed by atoms with van der Waals surface area (Å²) >= 11 is 0. The van der Waals surface area contributed by atoms with E-state index in [1.165, 1.54) is 18.4 Å². The Morgan fingerprint density at radius 1 is 1.00 bits per heavy atom. The second-order valence-electron chi connectivity index (χ2n) is 4.70. The van der Waals surface area contributed by atoms with Gasteiger partial charge in [0.2, 0.25) is 0 Å². The molecule has 13 heavy (non-hydrogen) atoms. The monoisotopic (exact) mass is 192 g/mol. The Labute approximate surface area is 83.0 Å². The molecule has 0 spiro atoms. The van der Waals surface area contributed by atoms with E-state index in [9.17, 15) is 0 Å². The molecular formula is C12H20Si. The lowest BCUT2D eigenvalue weighted by Gasteiger charge is -2.16. The molecule has 0 aliphatic carbocycles. The summed E-state index contributed by atoms with van der Waals surface area (Å²) in [6.07, 6.45) is 2.46. The molecule has 0 saturated heterocycles. The van der Waals surface area contributed by atoms with E-state index in [1.54, 1.807) is 5.19 Å². The summed E-state index contributed by atoms with van der Waals surface area (Å²) in [5.41, 5.74) is 1.48. The highest BCUT2D eigenvalue weighted by Gasteiger charge is 2.15. The van der Waals surface area contributed by atoms with Crippen LogP contribution in [0.25, 0.3) is 0 Å². The van der Waals surface area contributed by atoms with Crippen LogP contribution in [0.5, 0.6) is 0 Å². The fourth-order valence-corrected chi connectivity index (χ4v) is 2.63. The number of aryl methyl sites for hydroxylation is 1.